The molecule has 200 valence electrons. The number of anilines is 1. The zero-order valence-electron chi connectivity index (χ0n) is 22.2. The van der Waals surface area contributed by atoms with Crippen molar-refractivity contribution in [2.75, 3.05) is 39.3 Å². The number of fused-ring (bicyclic) bond motifs is 1. The number of hydrogen-bond acceptors (Lipinski definition) is 8. The standard InChI is InChI=1S/C29H26N8O3/c1-35-14-15-37(29(35)38)27-17-22(19-8-9-23(39-2)24(16-19)40-3)32-25(33-27)10-11-26-31-21-7-5-4-6-20(21)28(34-26)36-13-12-30-18-36/h4-13,16-18H,14-15H2,1-3H3/b11-10+. The summed E-state index contributed by atoms with van der Waals surface area (Å²) >= 11 is 0. The first kappa shape index (κ1) is 25.0. The Balaban J connectivity index is 1.44. The molecule has 0 atom stereocenters. The summed E-state index contributed by atoms with van der Waals surface area (Å²) in [5.74, 6) is 3.30. The van der Waals surface area contributed by atoms with Crippen LogP contribution in [0.25, 0.3) is 40.1 Å². The number of para-hydroxylation sites is 1. The summed E-state index contributed by atoms with van der Waals surface area (Å²) in [6, 6.07) is 15.1. The van der Waals surface area contributed by atoms with E-state index < -0.39 is 0 Å². The Labute approximate surface area is 230 Å². The molecule has 0 spiro atoms. The van der Waals surface area contributed by atoms with E-state index in [0.29, 0.717) is 53.6 Å². The molecular weight excluding hydrogens is 508 g/mol. The predicted molar refractivity (Wildman–Crippen MR) is 152 cm³/mol. The van der Waals surface area contributed by atoms with Crippen LogP contribution in [0.1, 0.15) is 11.6 Å². The molecule has 1 aliphatic heterocycles. The summed E-state index contributed by atoms with van der Waals surface area (Å²) in [7, 11) is 4.95. The van der Waals surface area contributed by atoms with Crippen LogP contribution in [0.2, 0.25) is 0 Å². The third kappa shape index (κ3) is 4.68. The molecule has 0 radical (unpaired) electrons. The molecule has 0 N–H and O–H groups in total. The number of nitrogens with zero attached hydrogens (tertiary/aromatic N) is 8. The fraction of sp³-hybridized carbons (Fsp3) is 0.172. The van der Waals surface area contributed by atoms with Gasteiger partial charge in [0.1, 0.15) is 18.0 Å². The lowest BCUT2D eigenvalue weighted by molar-refractivity contribution is 0.229. The van der Waals surface area contributed by atoms with Gasteiger partial charge in [0.15, 0.2) is 23.1 Å². The zero-order chi connectivity index (χ0) is 27.6. The number of carbonyl (C=O) groups is 1. The largest absolute Gasteiger partial charge is 0.493 e. The molecule has 11 nitrogen and oxygen atoms in total. The van der Waals surface area contributed by atoms with Gasteiger partial charge in [-0.25, -0.2) is 29.7 Å². The summed E-state index contributed by atoms with van der Waals surface area (Å²) in [6.45, 7) is 1.14. The van der Waals surface area contributed by atoms with E-state index in [0.717, 1.165) is 16.5 Å². The van der Waals surface area contributed by atoms with Crippen molar-refractivity contribution in [2.24, 2.45) is 0 Å². The molecule has 40 heavy (non-hydrogen) atoms. The molecular formula is C29H26N8O3. The number of amides is 2. The first-order valence-electron chi connectivity index (χ1n) is 12.6. The van der Waals surface area contributed by atoms with Crippen LogP contribution in [-0.2, 0) is 0 Å². The molecule has 2 aromatic carbocycles. The number of urea groups is 1. The van der Waals surface area contributed by atoms with E-state index in [9.17, 15) is 4.79 Å². The lowest BCUT2D eigenvalue weighted by Crippen LogP contribution is -2.30. The molecule has 1 saturated heterocycles. The van der Waals surface area contributed by atoms with Crippen LogP contribution < -0.4 is 14.4 Å². The Hall–Kier alpha value is -5.32. The molecule has 6 rings (SSSR count). The van der Waals surface area contributed by atoms with E-state index in [4.69, 9.17) is 29.4 Å². The molecule has 3 aromatic heterocycles. The molecule has 0 saturated carbocycles. The number of benzene rings is 2. The predicted octanol–water partition coefficient (Wildman–Crippen LogP) is 4.33. The van der Waals surface area contributed by atoms with Crippen LogP contribution in [0.5, 0.6) is 11.5 Å². The van der Waals surface area contributed by atoms with E-state index in [1.165, 1.54) is 0 Å². The van der Waals surface area contributed by atoms with Gasteiger partial charge >= 0.3 is 6.03 Å². The number of rotatable bonds is 7. The third-order valence-corrected chi connectivity index (χ3v) is 6.63. The quantitative estimate of drug-likeness (QED) is 0.303. The van der Waals surface area contributed by atoms with Crippen molar-refractivity contribution in [1.29, 1.82) is 0 Å². The molecule has 4 heterocycles. The second-order valence-electron chi connectivity index (χ2n) is 9.12. The molecule has 5 aromatic rings. The SMILES string of the molecule is COc1ccc(-c2cc(N3CCN(C)C3=O)nc(/C=C/c3nc(-n4ccnc4)c4ccccc4n3)n2)cc1OC. The van der Waals surface area contributed by atoms with Crippen molar-refractivity contribution in [3.63, 3.8) is 0 Å². The van der Waals surface area contributed by atoms with Crippen LogP contribution in [0.15, 0.2) is 67.3 Å². The van der Waals surface area contributed by atoms with Crippen molar-refractivity contribution in [3.05, 3.63) is 78.9 Å². The lowest BCUT2D eigenvalue weighted by Gasteiger charge is -2.17. The van der Waals surface area contributed by atoms with Crippen molar-refractivity contribution in [3.8, 4) is 28.6 Å². The van der Waals surface area contributed by atoms with E-state index in [2.05, 4.69) is 4.98 Å². The van der Waals surface area contributed by atoms with Crippen LogP contribution in [0.3, 0.4) is 0 Å². The van der Waals surface area contributed by atoms with Crippen molar-refractivity contribution >= 4 is 34.9 Å². The van der Waals surface area contributed by atoms with Crippen molar-refractivity contribution < 1.29 is 14.3 Å². The van der Waals surface area contributed by atoms with Gasteiger partial charge in [0.05, 0.1) is 25.4 Å². The minimum atomic E-state index is -0.116. The van der Waals surface area contributed by atoms with Gasteiger partial charge in [0.2, 0.25) is 0 Å². The van der Waals surface area contributed by atoms with Gasteiger partial charge < -0.3 is 14.4 Å². The summed E-state index contributed by atoms with van der Waals surface area (Å²) in [5, 5.41) is 0.906. The van der Waals surface area contributed by atoms with E-state index in [1.807, 2.05) is 53.2 Å². The maximum absolute atomic E-state index is 12.8. The van der Waals surface area contributed by atoms with E-state index in [1.54, 1.807) is 61.8 Å². The molecule has 2 amide bonds. The number of carbonyl (C=O) groups excluding carboxylic acids is 1. The molecule has 1 aliphatic rings. The van der Waals surface area contributed by atoms with Gasteiger partial charge in [0.25, 0.3) is 0 Å². The van der Waals surface area contributed by atoms with Gasteiger partial charge in [0, 0.05) is 49.5 Å². The van der Waals surface area contributed by atoms with Gasteiger partial charge in [-0.2, -0.15) is 0 Å². The number of imidazole rings is 1. The molecule has 11 heteroatoms. The topological polar surface area (TPSA) is 111 Å². The maximum atomic E-state index is 12.8. The van der Waals surface area contributed by atoms with Crippen molar-refractivity contribution in [1.82, 2.24) is 34.4 Å². The van der Waals surface area contributed by atoms with E-state index in [-0.39, 0.29) is 6.03 Å². The summed E-state index contributed by atoms with van der Waals surface area (Å²) in [5.41, 5.74) is 2.22. The Kier molecular flexibility index (Phi) is 6.52. The second kappa shape index (κ2) is 10.4. The average Bonchev–Trinajstić information content (AvgIpc) is 3.65. The first-order chi connectivity index (χ1) is 19.5. The highest BCUT2D eigenvalue weighted by Gasteiger charge is 2.28. The summed E-state index contributed by atoms with van der Waals surface area (Å²) in [4.78, 5) is 39.3. The number of methoxy groups -OCH3 is 2. The highest BCUT2D eigenvalue weighted by molar-refractivity contribution is 5.93. The number of aromatic nitrogens is 6. The molecule has 0 unspecified atom stereocenters. The number of likely N-dealkylation sites (N-methyl/N-ethyl adjacent to an activating group) is 1. The molecule has 1 fully saturated rings. The Morgan fingerprint density at radius 2 is 1.68 bits per heavy atom. The normalized spacial score (nSPS) is 13.5. The van der Waals surface area contributed by atoms with Gasteiger partial charge in [-0.15, -0.1) is 0 Å². The number of hydrogen-bond donors (Lipinski definition) is 0. The van der Waals surface area contributed by atoms with Crippen LogP contribution in [0, 0.1) is 0 Å². The maximum Gasteiger partial charge on any atom is 0.325 e. The molecule has 0 bridgehead atoms. The highest BCUT2D eigenvalue weighted by Crippen LogP contribution is 2.33. The minimum absolute atomic E-state index is 0.116. The summed E-state index contributed by atoms with van der Waals surface area (Å²) in [6.07, 6.45) is 8.77. The first-order valence-corrected chi connectivity index (χ1v) is 12.6. The Bertz CT molecular complexity index is 1740. The van der Waals surface area contributed by atoms with E-state index >= 15 is 0 Å². The molecule has 0 aliphatic carbocycles. The van der Waals surface area contributed by atoms with Gasteiger partial charge in [-0.05, 0) is 42.5 Å². The average molecular weight is 535 g/mol. The van der Waals surface area contributed by atoms with Gasteiger partial charge in [-0.1, -0.05) is 12.1 Å². The lowest BCUT2D eigenvalue weighted by atomic mass is 10.1. The number of ether oxygens (including phenoxy) is 2. The van der Waals surface area contributed by atoms with Crippen LogP contribution in [0.4, 0.5) is 10.6 Å². The highest BCUT2D eigenvalue weighted by atomic mass is 16.5. The smallest absolute Gasteiger partial charge is 0.325 e. The minimum Gasteiger partial charge on any atom is -0.493 e. The Morgan fingerprint density at radius 3 is 2.40 bits per heavy atom. The van der Waals surface area contributed by atoms with Gasteiger partial charge in [-0.3, -0.25) is 9.47 Å². The monoisotopic (exact) mass is 534 g/mol. The Morgan fingerprint density at radius 1 is 0.875 bits per heavy atom. The fourth-order valence-electron chi connectivity index (χ4n) is 4.55. The fourth-order valence-corrected chi connectivity index (χ4v) is 4.55. The zero-order valence-corrected chi connectivity index (χ0v) is 22.2. The van der Waals surface area contributed by atoms with Crippen LogP contribution in [-0.4, -0.2) is 74.8 Å². The third-order valence-electron chi connectivity index (χ3n) is 6.63. The van der Waals surface area contributed by atoms with Crippen LogP contribution >= 0.6 is 0 Å². The second-order valence-corrected chi connectivity index (χ2v) is 9.12. The summed E-state index contributed by atoms with van der Waals surface area (Å²) < 4.78 is 12.7. The van der Waals surface area contributed by atoms with Crippen molar-refractivity contribution in [2.45, 2.75) is 0 Å².